The Morgan fingerprint density at radius 2 is 1.89 bits per heavy atom. The number of sulfonamides is 1. The molecule has 9 nitrogen and oxygen atoms in total. The molecule has 0 unspecified atom stereocenters. The quantitative estimate of drug-likeness (QED) is 0.330. The zero-order valence-corrected chi connectivity index (χ0v) is 20.9. The molecule has 6 rings (SSSR count). The van der Waals surface area contributed by atoms with Gasteiger partial charge in [-0.05, 0) is 49.1 Å². The molecule has 5 aromatic rings. The Bertz CT molecular complexity index is 1740. The second kappa shape index (κ2) is 8.49. The van der Waals surface area contributed by atoms with Crippen LogP contribution >= 0.6 is 11.7 Å². The molecule has 0 atom stereocenters. The van der Waals surface area contributed by atoms with Crippen LogP contribution in [0.3, 0.4) is 0 Å². The maximum Gasteiger partial charge on any atom is 0.264 e. The molecule has 2 aromatic carbocycles. The highest BCUT2D eigenvalue weighted by molar-refractivity contribution is 7.93. The number of aromatic nitrogens is 5. The van der Waals surface area contributed by atoms with Crippen LogP contribution in [0, 0.1) is 12.7 Å². The molecular formula is C24H22FN7O2S2. The van der Waals surface area contributed by atoms with Crippen molar-refractivity contribution in [2.75, 3.05) is 10.5 Å². The smallest absolute Gasteiger partial charge is 0.264 e. The molecule has 0 saturated heterocycles. The van der Waals surface area contributed by atoms with E-state index in [1.54, 1.807) is 12.1 Å². The van der Waals surface area contributed by atoms with Gasteiger partial charge in [0.2, 0.25) is 0 Å². The van der Waals surface area contributed by atoms with Crippen LogP contribution in [0.15, 0.2) is 47.8 Å². The molecule has 1 aliphatic carbocycles. The number of halogens is 1. The van der Waals surface area contributed by atoms with Gasteiger partial charge in [-0.1, -0.05) is 25.0 Å². The highest BCUT2D eigenvalue weighted by Crippen LogP contribution is 2.39. The van der Waals surface area contributed by atoms with Gasteiger partial charge < -0.3 is 10.3 Å². The first-order chi connectivity index (χ1) is 17.3. The second-order valence-electron chi connectivity index (χ2n) is 8.99. The van der Waals surface area contributed by atoms with Gasteiger partial charge in [-0.25, -0.2) is 22.8 Å². The lowest BCUT2D eigenvalue weighted by atomic mass is 10.1. The van der Waals surface area contributed by atoms with Crippen LogP contribution < -0.4 is 10.5 Å². The van der Waals surface area contributed by atoms with Crippen LogP contribution in [0.25, 0.3) is 33.2 Å². The average molecular weight is 524 g/mol. The normalized spacial score (nSPS) is 14.7. The number of hydrogen-bond donors (Lipinski definition) is 2. The van der Waals surface area contributed by atoms with Crippen molar-refractivity contribution in [3.05, 3.63) is 54.2 Å². The summed E-state index contributed by atoms with van der Waals surface area (Å²) in [4.78, 5) is 8.55. The van der Waals surface area contributed by atoms with Gasteiger partial charge in [-0.15, -0.1) is 0 Å². The molecule has 12 heteroatoms. The number of anilines is 2. The average Bonchev–Trinajstić information content (AvgIpc) is 3.60. The Morgan fingerprint density at radius 3 is 2.67 bits per heavy atom. The van der Waals surface area contributed by atoms with Crippen molar-refractivity contribution in [1.29, 1.82) is 0 Å². The molecule has 0 bridgehead atoms. The number of hydrogen-bond acceptors (Lipinski definition) is 8. The van der Waals surface area contributed by atoms with E-state index < -0.39 is 15.8 Å². The number of benzene rings is 2. The van der Waals surface area contributed by atoms with E-state index in [4.69, 9.17) is 5.73 Å². The molecule has 1 saturated carbocycles. The van der Waals surface area contributed by atoms with E-state index in [0.717, 1.165) is 48.6 Å². The molecule has 1 aliphatic rings. The van der Waals surface area contributed by atoms with E-state index >= 15 is 4.39 Å². The molecule has 3 heterocycles. The maximum atomic E-state index is 15.3. The highest BCUT2D eigenvalue weighted by Gasteiger charge is 2.25. The first-order valence-corrected chi connectivity index (χ1v) is 13.7. The number of aryl methyl sites for hydroxylation is 1. The van der Waals surface area contributed by atoms with Crippen molar-refractivity contribution in [3.8, 4) is 11.1 Å². The third-order valence-corrected chi connectivity index (χ3v) is 8.68. The SMILES string of the molecule is Cc1ccc(S(=O)(=O)Nc2ccc(-c3cn(C4CCCC4)c4ncnc(N)c34)cc2F)c2nsnc12. The molecule has 3 aromatic heterocycles. The Morgan fingerprint density at radius 1 is 1.11 bits per heavy atom. The van der Waals surface area contributed by atoms with Gasteiger partial charge in [0, 0.05) is 17.8 Å². The number of nitrogens with zero attached hydrogens (tertiary/aromatic N) is 5. The molecule has 36 heavy (non-hydrogen) atoms. The number of nitrogens with two attached hydrogens (primary N) is 1. The maximum absolute atomic E-state index is 15.3. The topological polar surface area (TPSA) is 129 Å². The van der Waals surface area contributed by atoms with Gasteiger partial charge in [-0.3, -0.25) is 4.72 Å². The summed E-state index contributed by atoms with van der Waals surface area (Å²) in [5, 5.41) is 0.662. The summed E-state index contributed by atoms with van der Waals surface area (Å²) in [6.45, 7) is 1.83. The highest BCUT2D eigenvalue weighted by atomic mass is 32.2. The minimum Gasteiger partial charge on any atom is -0.383 e. The molecule has 0 radical (unpaired) electrons. The van der Waals surface area contributed by atoms with Gasteiger partial charge in [0.15, 0.2) is 0 Å². The second-order valence-corrected chi connectivity index (χ2v) is 11.2. The van der Waals surface area contributed by atoms with Crippen molar-refractivity contribution in [2.24, 2.45) is 0 Å². The third-order valence-electron chi connectivity index (χ3n) is 6.75. The molecule has 184 valence electrons. The monoisotopic (exact) mass is 523 g/mol. The zero-order chi connectivity index (χ0) is 25.0. The van der Waals surface area contributed by atoms with Crippen LogP contribution in [0.5, 0.6) is 0 Å². The van der Waals surface area contributed by atoms with Crippen LogP contribution in [0.2, 0.25) is 0 Å². The predicted octanol–water partition coefficient (Wildman–Crippen LogP) is 5.05. The first-order valence-electron chi connectivity index (χ1n) is 11.5. The Hall–Kier alpha value is -3.64. The fourth-order valence-electron chi connectivity index (χ4n) is 4.94. The van der Waals surface area contributed by atoms with E-state index in [2.05, 4.69) is 28.0 Å². The van der Waals surface area contributed by atoms with E-state index in [0.29, 0.717) is 33.9 Å². The Balaban J connectivity index is 1.39. The van der Waals surface area contributed by atoms with Crippen molar-refractivity contribution >= 4 is 55.3 Å². The Labute approximate surface area is 210 Å². The summed E-state index contributed by atoms with van der Waals surface area (Å²) in [7, 11) is -4.10. The molecule has 0 amide bonds. The van der Waals surface area contributed by atoms with Gasteiger partial charge in [-0.2, -0.15) is 8.75 Å². The number of nitrogens with one attached hydrogen (secondary N) is 1. The molecule has 0 aliphatic heterocycles. The largest absolute Gasteiger partial charge is 0.383 e. The number of rotatable bonds is 5. The summed E-state index contributed by atoms with van der Waals surface area (Å²) in [5.74, 6) is -0.398. The van der Waals surface area contributed by atoms with Crippen LogP contribution in [0.1, 0.15) is 37.3 Å². The summed E-state index contributed by atoms with van der Waals surface area (Å²) in [6, 6.07) is 7.78. The van der Waals surface area contributed by atoms with E-state index in [9.17, 15) is 8.42 Å². The van der Waals surface area contributed by atoms with Gasteiger partial charge in [0.05, 0.1) is 22.8 Å². The summed E-state index contributed by atoms with van der Waals surface area (Å²) < 4.78 is 54.3. The van der Waals surface area contributed by atoms with Gasteiger partial charge >= 0.3 is 0 Å². The van der Waals surface area contributed by atoms with Crippen LogP contribution in [-0.2, 0) is 10.0 Å². The third kappa shape index (κ3) is 3.68. The van der Waals surface area contributed by atoms with E-state index in [-0.39, 0.29) is 16.1 Å². The fourth-order valence-corrected chi connectivity index (χ4v) is 6.82. The lowest BCUT2D eigenvalue weighted by Crippen LogP contribution is -2.14. The van der Waals surface area contributed by atoms with E-state index in [1.165, 1.54) is 24.5 Å². The molecule has 1 fully saturated rings. The van der Waals surface area contributed by atoms with Crippen molar-refractivity contribution in [1.82, 2.24) is 23.3 Å². The molecule has 3 N–H and O–H groups in total. The fraction of sp³-hybridized carbons (Fsp3) is 0.250. The number of nitrogen functional groups attached to an aromatic ring is 1. The first kappa shape index (κ1) is 22.8. The van der Waals surface area contributed by atoms with Crippen molar-refractivity contribution in [3.63, 3.8) is 0 Å². The molecular weight excluding hydrogens is 501 g/mol. The number of fused-ring (bicyclic) bond motifs is 2. The van der Waals surface area contributed by atoms with E-state index in [1.807, 2.05) is 13.1 Å². The lowest BCUT2D eigenvalue weighted by molar-refractivity contribution is 0.532. The molecule has 0 spiro atoms. The minimum absolute atomic E-state index is 0.0510. The standard InChI is InChI=1S/C24H22FN7O2S2/c1-13-6-9-19(22-21(13)29-35-30-22)36(33,34)31-18-8-7-14(10-17(18)25)16-11-32(15-4-2-3-5-15)24-20(16)23(26)27-12-28-24/h6-12,15,31H,2-5H2,1H3,(H2,26,27,28). The minimum atomic E-state index is -4.10. The Kier molecular flexibility index (Phi) is 5.38. The summed E-state index contributed by atoms with van der Waals surface area (Å²) in [5.41, 5.74) is 9.61. The van der Waals surface area contributed by atoms with Crippen LogP contribution in [-0.4, -0.2) is 31.7 Å². The van der Waals surface area contributed by atoms with Crippen LogP contribution in [0.4, 0.5) is 15.9 Å². The van der Waals surface area contributed by atoms with Gasteiger partial charge in [0.1, 0.15) is 39.5 Å². The van der Waals surface area contributed by atoms with Crippen molar-refractivity contribution < 1.29 is 12.8 Å². The zero-order valence-electron chi connectivity index (χ0n) is 19.3. The summed E-state index contributed by atoms with van der Waals surface area (Å²) >= 11 is 0.931. The summed E-state index contributed by atoms with van der Waals surface area (Å²) in [6.07, 6.45) is 7.77. The van der Waals surface area contributed by atoms with Gasteiger partial charge in [0.25, 0.3) is 10.0 Å². The predicted molar refractivity (Wildman–Crippen MR) is 138 cm³/mol. The van der Waals surface area contributed by atoms with Crippen molar-refractivity contribution in [2.45, 2.75) is 43.5 Å². The lowest BCUT2D eigenvalue weighted by Gasteiger charge is -2.12.